The summed E-state index contributed by atoms with van der Waals surface area (Å²) in [5.41, 5.74) is 2.69. The molecule has 1 fully saturated rings. The quantitative estimate of drug-likeness (QED) is 0.696. The number of hydrogen-bond donors (Lipinski definition) is 0. The summed E-state index contributed by atoms with van der Waals surface area (Å²) in [5.74, 6) is 0.153. The molecule has 1 saturated heterocycles. The van der Waals surface area contributed by atoms with Gasteiger partial charge in [0.15, 0.2) is 0 Å². The first-order valence-corrected chi connectivity index (χ1v) is 9.02. The molecule has 2 aromatic carbocycles. The van der Waals surface area contributed by atoms with E-state index < -0.39 is 0 Å². The third-order valence-electron chi connectivity index (χ3n) is 4.90. The lowest BCUT2D eigenvalue weighted by Gasteiger charge is -2.33. The molecule has 2 nitrogen and oxygen atoms in total. The van der Waals surface area contributed by atoms with E-state index in [-0.39, 0.29) is 18.1 Å². The van der Waals surface area contributed by atoms with Crippen LogP contribution in [0.25, 0.3) is 0 Å². The summed E-state index contributed by atoms with van der Waals surface area (Å²) < 4.78 is 6.30. The molecular formula is C22H26O2. The van der Waals surface area contributed by atoms with E-state index in [1.807, 2.05) is 12.1 Å². The summed E-state index contributed by atoms with van der Waals surface area (Å²) in [6, 6.07) is 21.0. The first kappa shape index (κ1) is 16.9. The molecule has 1 heterocycles. The van der Waals surface area contributed by atoms with Crippen molar-refractivity contribution in [2.24, 2.45) is 5.92 Å². The van der Waals surface area contributed by atoms with Crippen LogP contribution >= 0.6 is 0 Å². The van der Waals surface area contributed by atoms with Gasteiger partial charge in [-0.2, -0.15) is 0 Å². The number of carbonyl (C=O) groups is 1. The van der Waals surface area contributed by atoms with Crippen LogP contribution in [0.5, 0.6) is 0 Å². The molecule has 3 rings (SSSR count). The molecule has 126 valence electrons. The van der Waals surface area contributed by atoms with Crippen molar-refractivity contribution in [2.75, 3.05) is 0 Å². The first-order chi connectivity index (χ1) is 11.8. The zero-order valence-electron chi connectivity index (χ0n) is 14.1. The molecule has 0 N–H and O–H groups in total. The molecule has 24 heavy (non-hydrogen) atoms. The zero-order valence-corrected chi connectivity index (χ0v) is 14.1. The second-order valence-corrected chi connectivity index (χ2v) is 6.80. The van der Waals surface area contributed by atoms with Crippen LogP contribution in [0.4, 0.5) is 0 Å². The van der Waals surface area contributed by atoms with E-state index in [0.29, 0.717) is 0 Å². The molecule has 2 aromatic rings. The number of aldehydes is 1. The third-order valence-corrected chi connectivity index (χ3v) is 4.90. The summed E-state index contributed by atoms with van der Waals surface area (Å²) in [5, 5.41) is 0. The van der Waals surface area contributed by atoms with E-state index in [0.717, 1.165) is 44.8 Å². The van der Waals surface area contributed by atoms with Gasteiger partial charge in [-0.05, 0) is 49.7 Å². The number of benzene rings is 2. The molecule has 0 saturated carbocycles. The minimum absolute atomic E-state index is 0.153. The maximum atomic E-state index is 11.3. The molecule has 3 atom stereocenters. The van der Waals surface area contributed by atoms with Crippen molar-refractivity contribution in [3.05, 3.63) is 71.8 Å². The van der Waals surface area contributed by atoms with Gasteiger partial charge in [0.2, 0.25) is 0 Å². The largest absolute Gasteiger partial charge is 0.375 e. The van der Waals surface area contributed by atoms with Gasteiger partial charge in [-0.1, -0.05) is 60.7 Å². The van der Waals surface area contributed by atoms with Crippen LogP contribution in [0, 0.1) is 5.92 Å². The number of rotatable bonds is 7. The SMILES string of the molecule is O=CC1C[C@@H](CCc2ccccc2)O[C@@H](CCc2ccccc2)C1. The Balaban J connectivity index is 1.52. The van der Waals surface area contributed by atoms with Crippen LogP contribution < -0.4 is 0 Å². The Bertz CT molecular complexity index is 557. The summed E-state index contributed by atoms with van der Waals surface area (Å²) in [6.45, 7) is 0. The second kappa shape index (κ2) is 8.79. The number of carbonyl (C=O) groups excluding carboxylic acids is 1. The van der Waals surface area contributed by atoms with Gasteiger partial charge in [-0.15, -0.1) is 0 Å². The van der Waals surface area contributed by atoms with Crippen LogP contribution in [0.2, 0.25) is 0 Å². The highest BCUT2D eigenvalue weighted by Gasteiger charge is 2.28. The van der Waals surface area contributed by atoms with Crippen LogP contribution in [0.1, 0.15) is 36.8 Å². The van der Waals surface area contributed by atoms with Gasteiger partial charge in [-0.3, -0.25) is 0 Å². The molecule has 1 unspecified atom stereocenters. The minimum Gasteiger partial charge on any atom is -0.375 e. The summed E-state index contributed by atoms with van der Waals surface area (Å²) in [6.07, 6.45) is 7.31. The fraction of sp³-hybridized carbons (Fsp3) is 0.409. The van der Waals surface area contributed by atoms with Crippen LogP contribution in [-0.2, 0) is 22.4 Å². The van der Waals surface area contributed by atoms with Gasteiger partial charge in [0, 0.05) is 5.92 Å². The number of aryl methyl sites for hydroxylation is 2. The van der Waals surface area contributed by atoms with Gasteiger partial charge >= 0.3 is 0 Å². The maximum Gasteiger partial charge on any atom is 0.123 e. The molecule has 0 amide bonds. The Kier molecular flexibility index (Phi) is 6.20. The molecule has 0 radical (unpaired) electrons. The third kappa shape index (κ3) is 5.04. The Hall–Kier alpha value is -1.93. The number of hydrogen-bond acceptors (Lipinski definition) is 2. The Morgan fingerprint density at radius 3 is 1.67 bits per heavy atom. The fourth-order valence-corrected chi connectivity index (χ4v) is 3.58. The monoisotopic (exact) mass is 322 g/mol. The van der Waals surface area contributed by atoms with E-state index in [9.17, 15) is 4.79 Å². The van der Waals surface area contributed by atoms with E-state index in [2.05, 4.69) is 48.5 Å². The van der Waals surface area contributed by atoms with Crippen molar-refractivity contribution in [3.8, 4) is 0 Å². The van der Waals surface area contributed by atoms with Crippen LogP contribution in [0.3, 0.4) is 0 Å². The maximum absolute atomic E-state index is 11.3. The zero-order chi connectivity index (χ0) is 16.6. The predicted octanol–water partition coefficient (Wildman–Crippen LogP) is 4.61. The topological polar surface area (TPSA) is 26.3 Å². The molecule has 0 bridgehead atoms. The fourth-order valence-electron chi connectivity index (χ4n) is 3.58. The molecule has 1 aliphatic rings. The average Bonchev–Trinajstić information content (AvgIpc) is 2.66. The highest BCUT2D eigenvalue weighted by molar-refractivity contribution is 5.53. The van der Waals surface area contributed by atoms with Crippen molar-refractivity contribution in [1.82, 2.24) is 0 Å². The van der Waals surface area contributed by atoms with Crippen molar-refractivity contribution >= 4 is 6.29 Å². The lowest BCUT2D eigenvalue weighted by atomic mass is 9.88. The normalized spacial score (nSPS) is 23.8. The molecule has 0 aliphatic carbocycles. The van der Waals surface area contributed by atoms with Gasteiger partial charge in [-0.25, -0.2) is 0 Å². The molecular weight excluding hydrogens is 296 g/mol. The summed E-state index contributed by atoms with van der Waals surface area (Å²) >= 11 is 0. The predicted molar refractivity (Wildman–Crippen MR) is 97.0 cm³/mol. The van der Waals surface area contributed by atoms with Gasteiger partial charge in [0.05, 0.1) is 12.2 Å². The molecule has 0 aromatic heterocycles. The first-order valence-electron chi connectivity index (χ1n) is 9.02. The average molecular weight is 322 g/mol. The van der Waals surface area contributed by atoms with Crippen molar-refractivity contribution in [1.29, 1.82) is 0 Å². The Morgan fingerprint density at radius 1 is 0.792 bits per heavy atom. The lowest BCUT2D eigenvalue weighted by Crippen LogP contribution is -2.34. The molecule has 0 spiro atoms. The van der Waals surface area contributed by atoms with Crippen molar-refractivity contribution < 1.29 is 9.53 Å². The Labute approximate surface area is 144 Å². The molecule has 1 aliphatic heterocycles. The van der Waals surface area contributed by atoms with Crippen molar-refractivity contribution in [2.45, 2.75) is 50.7 Å². The smallest absolute Gasteiger partial charge is 0.123 e. The molecule has 2 heteroatoms. The van der Waals surface area contributed by atoms with E-state index in [1.165, 1.54) is 11.1 Å². The van der Waals surface area contributed by atoms with Crippen LogP contribution in [-0.4, -0.2) is 18.5 Å². The number of ether oxygens (including phenoxy) is 1. The summed E-state index contributed by atoms with van der Waals surface area (Å²) in [7, 11) is 0. The van der Waals surface area contributed by atoms with Crippen LogP contribution in [0.15, 0.2) is 60.7 Å². The minimum atomic E-state index is 0.153. The van der Waals surface area contributed by atoms with Gasteiger partial charge in [0.25, 0.3) is 0 Å². The standard InChI is InChI=1S/C22H26O2/c23-17-20-15-21(13-11-18-7-3-1-4-8-18)24-22(16-20)14-12-19-9-5-2-6-10-19/h1-10,17,20-22H,11-16H2/t20?,21-,22+. The highest BCUT2D eigenvalue weighted by Crippen LogP contribution is 2.28. The highest BCUT2D eigenvalue weighted by atomic mass is 16.5. The second-order valence-electron chi connectivity index (χ2n) is 6.80. The lowest BCUT2D eigenvalue weighted by molar-refractivity contribution is -0.122. The van der Waals surface area contributed by atoms with E-state index in [1.54, 1.807) is 0 Å². The van der Waals surface area contributed by atoms with Gasteiger partial charge < -0.3 is 9.53 Å². The summed E-state index contributed by atoms with van der Waals surface area (Å²) in [4.78, 5) is 11.3. The Morgan fingerprint density at radius 2 is 1.25 bits per heavy atom. The van der Waals surface area contributed by atoms with E-state index >= 15 is 0 Å². The van der Waals surface area contributed by atoms with Gasteiger partial charge in [0.1, 0.15) is 6.29 Å². The van der Waals surface area contributed by atoms with Crippen molar-refractivity contribution in [3.63, 3.8) is 0 Å². The van der Waals surface area contributed by atoms with E-state index in [4.69, 9.17) is 4.74 Å².